The molecule has 110 valence electrons. The lowest BCUT2D eigenvalue weighted by Gasteiger charge is -2.06. The third kappa shape index (κ3) is 2.86. The van der Waals surface area contributed by atoms with E-state index in [1.807, 2.05) is 19.9 Å². The zero-order valence-corrected chi connectivity index (χ0v) is 12.4. The number of carbonyl (C=O) groups excluding carboxylic acids is 1. The first-order valence-electron chi connectivity index (χ1n) is 7.45. The van der Waals surface area contributed by atoms with Crippen molar-refractivity contribution in [3.05, 3.63) is 29.3 Å². The quantitative estimate of drug-likeness (QED) is 0.791. The molecule has 1 unspecified atom stereocenters. The summed E-state index contributed by atoms with van der Waals surface area (Å²) in [7, 11) is 0. The highest BCUT2D eigenvalue weighted by molar-refractivity contribution is 5.85. The van der Waals surface area contributed by atoms with Gasteiger partial charge in [0, 0.05) is 12.6 Å². The highest BCUT2D eigenvalue weighted by Gasteiger charge is 2.28. The SMILES string of the molecule is Cc1cnc(-c2noc(C3CCCCCC3=O)n2)c(C)c1. The van der Waals surface area contributed by atoms with Crippen LogP contribution in [0.3, 0.4) is 0 Å². The van der Waals surface area contributed by atoms with Crippen LogP contribution in [0.4, 0.5) is 0 Å². The summed E-state index contributed by atoms with van der Waals surface area (Å²) in [6.07, 6.45) is 6.31. The molecule has 0 saturated heterocycles. The van der Waals surface area contributed by atoms with Crippen LogP contribution in [0.2, 0.25) is 0 Å². The van der Waals surface area contributed by atoms with Gasteiger partial charge < -0.3 is 4.52 Å². The normalized spacial score (nSPS) is 19.5. The number of hydrogen-bond acceptors (Lipinski definition) is 5. The van der Waals surface area contributed by atoms with E-state index in [1.54, 1.807) is 6.20 Å². The van der Waals surface area contributed by atoms with Gasteiger partial charge in [-0.2, -0.15) is 4.98 Å². The third-order valence-electron chi connectivity index (χ3n) is 3.97. The zero-order valence-electron chi connectivity index (χ0n) is 12.4. The van der Waals surface area contributed by atoms with Gasteiger partial charge in [-0.25, -0.2) is 0 Å². The second kappa shape index (κ2) is 5.76. The summed E-state index contributed by atoms with van der Waals surface area (Å²) in [6, 6.07) is 2.04. The van der Waals surface area contributed by atoms with Gasteiger partial charge in [-0.15, -0.1) is 0 Å². The molecule has 0 bridgehead atoms. The van der Waals surface area contributed by atoms with Crippen LogP contribution in [0, 0.1) is 13.8 Å². The molecule has 1 atom stereocenters. The fourth-order valence-corrected chi connectivity index (χ4v) is 2.84. The van der Waals surface area contributed by atoms with E-state index in [0.717, 1.165) is 42.5 Å². The van der Waals surface area contributed by atoms with Gasteiger partial charge in [0.2, 0.25) is 11.7 Å². The average molecular weight is 285 g/mol. The molecule has 0 amide bonds. The predicted molar refractivity (Wildman–Crippen MR) is 77.8 cm³/mol. The summed E-state index contributed by atoms with van der Waals surface area (Å²) in [6.45, 7) is 3.97. The number of aryl methyl sites for hydroxylation is 2. The summed E-state index contributed by atoms with van der Waals surface area (Å²) >= 11 is 0. The number of carbonyl (C=O) groups is 1. The Hall–Kier alpha value is -2.04. The van der Waals surface area contributed by atoms with Crippen LogP contribution in [0.5, 0.6) is 0 Å². The number of pyridine rings is 1. The molecule has 1 aliphatic carbocycles. The summed E-state index contributed by atoms with van der Waals surface area (Å²) in [5.74, 6) is 0.897. The van der Waals surface area contributed by atoms with Crippen molar-refractivity contribution in [2.24, 2.45) is 0 Å². The molecule has 0 aromatic carbocycles. The van der Waals surface area contributed by atoms with Gasteiger partial charge in [0.05, 0.1) is 5.92 Å². The molecule has 2 aromatic heterocycles. The Morgan fingerprint density at radius 3 is 2.90 bits per heavy atom. The van der Waals surface area contributed by atoms with E-state index < -0.39 is 0 Å². The van der Waals surface area contributed by atoms with Crippen molar-refractivity contribution < 1.29 is 9.32 Å². The molecule has 0 spiro atoms. The number of hydrogen-bond donors (Lipinski definition) is 0. The number of rotatable bonds is 2. The standard InChI is InChI=1S/C16H19N3O2/c1-10-8-11(2)14(17-9-10)15-18-16(21-19-15)12-6-4-3-5-7-13(12)20/h8-9,12H,3-7H2,1-2H3. The van der Waals surface area contributed by atoms with Crippen LogP contribution < -0.4 is 0 Å². The molecule has 2 aromatic rings. The summed E-state index contributed by atoms with van der Waals surface area (Å²) in [4.78, 5) is 20.9. The maximum absolute atomic E-state index is 12.1. The summed E-state index contributed by atoms with van der Waals surface area (Å²) in [5.41, 5.74) is 2.82. The van der Waals surface area contributed by atoms with Crippen molar-refractivity contribution in [2.75, 3.05) is 0 Å². The van der Waals surface area contributed by atoms with Gasteiger partial charge >= 0.3 is 0 Å². The van der Waals surface area contributed by atoms with Crippen LogP contribution in [-0.4, -0.2) is 20.9 Å². The van der Waals surface area contributed by atoms with Gasteiger partial charge in [0.25, 0.3) is 0 Å². The van der Waals surface area contributed by atoms with Crippen molar-refractivity contribution in [2.45, 2.75) is 51.9 Å². The monoisotopic (exact) mass is 285 g/mol. The molecule has 0 aliphatic heterocycles. The third-order valence-corrected chi connectivity index (χ3v) is 3.97. The molecular formula is C16H19N3O2. The molecule has 1 aliphatic rings. The fourth-order valence-electron chi connectivity index (χ4n) is 2.84. The Bertz CT molecular complexity index is 663. The van der Waals surface area contributed by atoms with Gasteiger partial charge in [-0.05, 0) is 37.8 Å². The first kappa shape index (κ1) is 13.9. The molecular weight excluding hydrogens is 266 g/mol. The number of Topliss-reactive ketones (excluding diaryl/α,β-unsaturated/α-hetero) is 1. The number of aromatic nitrogens is 3. The van der Waals surface area contributed by atoms with Crippen molar-refractivity contribution >= 4 is 5.78 Å². The van der Waals surface area contributed by atoms with Crippen molar-refractivity contribution in [3.63, 3.8) is 0 Å². The number of ketones is 1. The lowest BCUT2D eigenvalue weighted by molar-refractivity contribution is -0.120. The predicted octanol–water partition coefficient (Wildman–Crippen LogP) is 3.37. The van der Waals surface area contributed by atoms with Gasteiger partial charge in [-0.1, -0.05) is 24.1 Å². The second-order valence-electron chi connectivity index (χ2n) is 5.75. The van der Waals surface area contributed by atoms with E-state index in [4.69, 9.17) is 4.52 Å². The molecule has 0 radical (unpaired) electrons. The lowest BCUT2D eigenvalue weighted by Crippen LogP contribution is -2.10. The molecule has 1 fully saturated rings. The minimum atomic E-state index is -0.237. The van der Waals surface area contributed by atoms with Crippen LogP contribution in [0.15, 0.2) is 16.8 Å². The Morgan fingerprint density at radius 2 is 2.10 bits per heavy atom. The van der Waals surface area contributed by atoms with Crippen LogP contribution >= 0.6 is 0 Å². The second-order valence-corrected chi connectivity index (χ2v) is 5.75. The van der Waals surface area contributed by atoms with E-state index in [2.05, 4.69) is 15.1 Å². The van der Waals surface area contributed by atoms with E-state index >= 15 is 0 Å². The van der Waals surface area contributed by atoms with Crippen LogP contribution in [-0.2, 0) is 4.79 Å². The Balaban J connectivity index is 1.90. The van der Waals surface area contributed by atoms with Gasteiger partial charge in [0.1, 0.15) is 11.5 Å². The van der Waals surface area contributed by atoms with E-state index in [1.165, 1.54) is 0 Å². The van der Waals surface area contributed by atoms with Crippen LogP contribution in [0.25, 0.3) is 11.5 Å². The molecule has 5 nitrogen and oxygen atoms in total. The highest BCUT2D eigenvalue weighted by Crippen LogP contribution is 2.29. The Kier molecular flexibility index (Phi) is 3.82. The molecule has 5 heteroatoms. The molecule has 21 heavy (non-hydrogen) atoms. The lowest BCUT2D eigenvalue weighted by atomic mass is 9.99. The van der Waals surface area contributed by atoms with Crippen molar-refractivity contribution in [1.82, 2.24) is 15.1 Å². The largest absolute Gasteiger partial charge is 0.338 e. The van der Waals surface area contributed by atoms with Crippen LogP contribution in [0.1, 0.15) is 55.0 Å². The highest BCUT2D eigenvalue weighted by atomic mass is 16.5. The minimum absolute atomic E-state index is 0.219. The van der Waals surface area contributed by atoms with Gasteiger partial charge in [-0.3, -0.25) is 9.78 Å². The summed E-state index contributed by atoms with van der Waals surface area (Å²) in [5, 5.41) is 4.02. The molecule has 1 saturated carbocycles. The van der Waals surface area contributed by atoms with E-state index in [-0.39, 0.29) is 11.7 Å². The topological polar surface area (TPSA) is 68.9 Å². The molecule has 3 rings (SSSR count). The summed E-state index contributed by atoms with van der Waals surface area (Å²) < 4.78 is 5.35. The average Bonchev–Trinajstić information content (AvgIpc) is 2.82. The Labute approximate surface area is 123 Å². The minimum Gasteiger partial charge on any atom is -0.338 e. The molecule has 0 N–H and O–H groups in total. The first-order chi connectivity index (χ1) is 10.1. The smallest absolute Gasteiger partial charge is 0.237 e. The van der Waals surface area contributed by atoms with E-state index in [9.17, 15) is 4.79 Å². The maximum atomic E-state index is 12.1. The van der Waals surface area contributed by atoms with Gasteiger partial charge in [0.15, 0.2) is 0 Å². The van der Waals surface area contributed by atoms with Crippen molar-refractivity contribution in [1.29, 1.82) is 0 Å². The number of nitrogens with zero attached hydrogens (tertiary/aromatic N) is 3. The molecule has 2 heterocycles. The van der Waals surface area contributed by atoms with Crippen molar-refractivity contribution in [3.8, 4) is 11.5 Å². The Morgan fingerprint density at radius 1 is 1.24 bits per heavy atom. The fraction of sp³-hybridized carbons (Fsp3) is 0.500. The van der Waals surface area contributed by atoms with E-state index in [0.29, 0.717) is 18.1 Å². The maximum Gasteiger partial charge on any atom is 0.237 e. The first-order valence-corrected chi connectivity index (χ1v) is 7.45. The zero-order chi connectivity index (χ0) is 14.8.